The second kappa shape index (κ2) is 6.34. The molecule has 2 aromatic rings. The summed E-state index contributed by atoms with van der Waals surface area (Å²) in [6, 6.07) is 16.4. The average molecular weight is 270 g/mol. The molecule has 0 aliphatic carbocycles. The van der Waals surface area contributed by atoms with Crippen molar-refractivity contribution in [3.8, 4) is 0 Å². The summed E-state index contributed by atoms with van der Waals surface area (Å²) in [5, 5.41) is 7.05. The summed E-state index contributed by atoms with van der Waals surface area (Å²) in [5.74, 6) is 0. The van der Waals surface area contributed by atoms with Gasteiger partial charge in [0.2, 0.25) is 0 Å². The minimum Gasteiger partial charge on any atom is -0.332 e. The van der Waals surface area contributed by atoms with Crippen LogP contribution in [0.5, 0.6) is 0 Å². The lowest BCUT2D eigenvalue weighted by atomic mass is 10.1. The molecule has 0 radical (unpaired) electrons. The summed E-state index contributed by atoms with van der Waals surface area (Å²) < 4.78 is 0. The molecule has 0 unspecified atom stereocenters. The van der Waals surface area contributed by atoms with Crippen molar-refractivity contribution in [3.05, 3.63) is 59.7 Å². The summed E-state index contributed by atoms with van der Waals surface area (Å²) in [6.45, 7) is 4.20. The Bertz CT molecular complexity index is 561. The number of nitrogens with one attached hydrogen (secondary N) is 2. The smallest absolute Gasteiger partial charge is 0.175 e. The van der Waals surface area contributed by atoms with E-state index in [1.165, 1.54) is 11.1 Å². The summed E-state index contributed by atoms with van der Waals surface area (Å²) >= 11 is 5.34. The van der Waals surface area contributed by atoms with Crippen molar-refractivity contribution in [2.75, 3.05) is 10.6 Å². The van der Waals surface area contributed by atoms with Gasteiger partial charge in [-0.05, 0) is 49.3 Å². The zero-order valence-corrected chi connectivity index (χ0v) is 12.1. The van der Waals surface area contributed by atoms with Gasteiger partial charge in [-0.25, -0.2) is 0 Å². The maximum absolute atomic E-state index is 5.34. The molecule has 0 saturated heterocycles. The van der Waals surface area contributed by atoms with E-state index >= 15 is 0 Å². The molecule has 2 aromatic carbocycles. The number of hydrogen-bond acceptors (Lipinski definition) is 1. The molecule has 0 aliphatic rings. The molecule has 0 amide bonds. The number of aryl methyl sites for hydroxylation is 2. The number of rotatable bonds is 3. The van der Waals surface area contributed by atoms with Crippen molar-refractivity contribution in [2.45, 2.75) is 20.3 Å². The van der Waals surface area contributed by atoms with E-state index in [0.29, 0.717) is 5.11 Å². The molecule has 0 bridgehead atoms. The Balaban J connectivity index is 2.03. The van der Waals surface area contributed by atoms with E-state index < -0.39 is 0 Å². The summed E-state index contributed by atoms with van der Waals surface area (Å²) in [4.78, 5) is 0. The van der Waals surface area contributed by atoms with Gasteiger partial charge in [-0.3, -0.25) is 0 Å². The van der Waals surface area contributed by atoms with E-state index in [1.807, 2.05) is 30.3 Å². The Morgan fingerprint density at radius 1 is 1.00 bits per heavy atom. The molecule has 19 heavy (non-hydrogen) atoms. The lowest BCUT2D eigenvalue weighted by Crippen LogP contribution is -2.19. The van der Waals surface area contributed by atoms with E-state index in [0.717, 1.165) is 17.8 Å². The first-order valence-electron chi connectivity index (χ1n) is 6.41. The van der Waals surface area contributed by atoms with Crippen LogP contribution in [0.2, 0.25) is 0 Å². The third kappa shape index (κ3) is 3.80. The van der Waals surface area contributed by atoms with Crippen LogP contribution < -0.4 is 10.6 Å². The second-order valence-electron chi connectivity index (χ2n) is 4.46. The lowest BCUT2D eigenvalue weighted by Gasteiger charge is -2.13. The fourth-order valence-electron chi connectivity index (χ4n) is 1.87. The number of benzene rings is 2. The molecular weight excluding hydrogens is 252 g/mol. The zero-order valence-electron chi connectivity index (χ0n) is 11.2. The highest BCUT2D eigenvalue weighted by Gasteiger charge is 2.02. The van der Waals surface area contributed by atoms with Gasteiger partial charge >= 0.3 is 0 Å². The van der Waals surface area contributed by atoms with Crippen LogP contribution >= 0.6 is 12.2 Å². The van der Waals surface area contributed by atoms with Crippen LogP contribution in [0.25, 0.3) is 0 Å². The fourth-order valence-corrected chi connectivity index (χ4v) is 2.10. The maximum atomic E-state index is 5.34. The zero-order chi connectivity index (χ0) is 13.7. The van der Waals surface area contributed by atoms with Gasteiger partial charge < -0.3 is 10.6 Å². The summed E-state index contributed by atoms with van der Waals surface area (Å²) in [5.41, 5.74) is 4.56. The molecule has 2 nitrogen and oxygen atoms in total. The second-order valence-corrected chi connectivity index (χ2v) is 4.86. The van der Waals surface area contributed by atoms with Gasteiger partial charge in [0.25, 0.3) is 0 Å². The number of anilines is 2. The Kier molecular flexibility index (Phi) is 4.53. The van der Waals surface area contributed by atoms with Gasteiger partial charge in [0.05, 0.1) is 0 Å². The van der Waals surface area contributed by atoms with Crippen LogP contribution in [0.15, 0.2) is 48.5 Å². The van der Waals surface area contributed by atoms with E-state index in [9.17, 15) is 0 Å². The lowest BCUT2D eigenvalue weighted by molar-refractivity contribution is 1.14. The van der Waals surface area contributed by atoms with Crippen LogP contribution in [-0.2, 0) is 6.42 Å². The highest BCUT2D eigenvalue weighted by Crippen LogP contribution is 2.16. The standard InChI is InChI=1S/C16H18N2S/c1-3-13-6-4-5-7-15(13)18-16(19)17-14-10-8-12(2)9-11-14/h4-11H,3H2,1-2H3,(H2,17,18,19). The van der Waals surface area contributed by atoms with Crippen molar-refractivity contribution in [2.24, 2.45) is 0 Å². The normalized spacial score (nSPS) is 10.0. The predicted octanol–water partition coefficient (Wildman–Crippen LogP) is 4.37. The predicted molar refractivity (Wildman–Crippen MR) is 86.8 cm³/mol. The number of para-hydroxylation sites is 1. The van der Waals surface area contributed by atoms with Crippen molar-refractivity contribution >= 4 is 28.7 Å². The highest BCUT2D eigenvalue weighted by molar-refractivity contribution is 7.80. The largest absolute Gasteiger partial charge is 0.332 e. The fraction of sp³-hybridized carbons (Fsp3) is 0.188. The SMILES string of the molecule is CCc1ccccc1NC(=S)Nc1ccc(C)cc1. The van der Waals surface area contributed by atoms with Crippen LogP contribution in [0.1, 0.15) is 18.1 Å². The van der Waals surface area contributed by atoms with E-state index in [2.05, 4.69) is 42.7 Å². The molecule has 0 fully saturated rings. The molecule has 0 aliphatic heterocycles. The van der Waals surface area contributed by atoms with Gasteiger partial charge in [0.1, 0.15) is 0 Å². The topological polar surface area (TPSA) is 24.1 Å². The van der Waals surface area contributed by atoms with Gasteiger partial charge in [-0.1, -0.05) is 42.8 Å². The molecule has 0 saturated carbocycles. The van der Waals surface area contributed by atoms with E-state index in [1.54, 1.807) is 0 Å². The third-order valence-electron chi connectivity index (χ3n) is 2.96. The van der Waals surface area contributed by atoms with Crippen molar-refractivity contribution in [3.63, 3.8) is 0 Å². The molecule has 0 heterocycles. The van der Waals surface area contributed by atoms with Gasteiger partial charge in [0, 0.05) is 11.4 Å². The summed E-state index contributed by atoms with van der Waals surface area (Å²) in [7, 11) is 0. The highest BCUT2D eigenvalue weighted by atomic mass is 32.1. The third-order valence-corrected chi connectivity index (χ3v) is 3.16. The van der Waals surface area contributed by atoms with Crippen molar-refractivity contribution in [1.82, 2.24) is 0 Å². The van der Waals surface area contributed by atoms with Gasteiger partial charge in [-0.15, -0.1) is 0 Å². The van der Waals surface area contributed by atoms with Crippen molar-refractivity contribution in [1.29, 1.82) is 0 Å². The van der Waals surface area contributed by atoms with Crippen LogP contribution in [0, 0.1) is 6.92 Å². The molecule has 2 rings (SSSR count). The molecule has 2 N–H and O–H groups in total. The first-order valence-corrected chi connectivity index (χ1v) is 6.82. The van der Waals surface area contributed by atoms with Gasteiger partial charge in [-0.2, -0.15) is 0 Å². The molecule has 0 aromatic heterocycles. The molecular formula is C16H18N2S. The molecule has 0 spiro atoms. The monoisotopic (exact) mass is 270 g/mol. The Labute approximate surface area is 119 Å². The molecule has 98 valence electrons. The minimum atomic E-state index is 0.616. The summed E-state index contributed by atoms with van der Waals surface area (Å²) in [6.07, 6.45) is 0.982. The number of hydrogen-bond donors (Lipinski definition) is 2. The Morgan fingerprint density at radius 3 is 2.37 bits per heavy atom. The average Bonchev–Trinajstić information content (AvgIpc) is 2.42. The molecule has 0 atom stereocenters. The number of thiocarbonyl (C=S) groups is 1. The maximum Gasteiger partial charge on any atom is 0.175 e. The minimum absolute atomic E-state index is 0.616. The van der Waals surface area contributed by atoms with Crippen LogP contribution in [-0.4, -0.2) is 5.11 Å². The molecule has 3 heteroatoms. The van der Waals surface area contributed by atoms with Crippen LogP contribution in [0.3, 0.4) is 0 Å². The van der Waals surface area contributed by atoms with Crippen LogP contribution in [0.4, 0.5) is 11.4 Å². The quantitative estimate of drug-likeness (QED) is 0.810. The Morgan fingerprint density at radius 2 is 1.68 bits per heavy atom. The first-order chi connectivity index (χ1) is 9.19. The Hall–Kier alpha value is -1.87. The first kappa shape index (κ1) is 13.6. The van der Waals surface area contributed by atoms with E-state index in [4.69, 9.17) is 12.2 Å². The van der Waals surface area contributed by atoms with Crippen molar-refractivity contribution < 1.29 is 0 Å². The van der Waals surface area contributed by atoms with Gasteiger partial charge in [0.15, 0.2) is 5.11 Å². The van der Waals surface area contributed by atoms with E-state index in [-0.39, 0.29) is 0 Å².